The van der Waals surface area contributed by atoms with E-state index in [0.717, 1.165) is 13.0 Å². The second-order valence-electron chi connectivity index (χ2n) is 7.21. The lowest BCUT2D eigenvalue weighted by molar-refractivity contribution is 0.0697. The third-order valence-electron chi connectivity index (χ3n) is 5.27. The van der Waals surface area contributed by atoms with Gasteiger partial charge in [-0.15, -0.1) is 11.3 Å². The van der Waals surface area contributed by atoms with Gasteiger partial charge in [-0.2, -0.15) is 0 Å². The standard InChI is InChI=1S/C24H22N2O3S/c1-16-5-2-3-6-19(16)17-10-12-26(13-11-17)21-9-8-18(15-20(21)24(28)29)25-23(27)22-7-4-14-30-22/h2-10,14-15H,11-13H2,1H3,(H,25,27)(H,28,29). The number of rotatable bonds is 5. The van der Waals surface area contributed by atoms with Crippen molar-refractivity contribution in [1.82, 2.24) is 0 Å². The van der Waals surface area contributed by atoms with Gasteiger partial charge in [-0.25, -0.2) is 4.79 Å². The molecule has 5 nitrogen and oxygen atoms in total. The minimum atomic E-state index is -1.01. The molecular formula is C24H22N2O3S. The number of carbonyl (C=O) groups excluding carboxylic acids is 1. The van der Waals surface area contributed by atoms with E-state index in [1.165, 1.54) is 34.1 Å². The fraction of sp³-hybridized carbons (Fsp3) is 0.167. The van der Waals surface area contributed by atoms with Crippen LogP contribution in [-0.2, 0) is 0 Å². The Kier molecular flexibility index (Phi) is 5.68. The molecule has 1 aliphatic heterocycles. The molecule has 0 bridgehead atoms. The Hall–Kier alpha value is -3.38. The molecule has 0 unspecified atom stereocenters. The highest BCUT2D eigenvalue weighted by Gasteiger charge is 2.20. The number of amides is 1. The third kappa shape index (κ3) is 4.14. The maximum Gasteiger partial charge on any atom is 0.337 e. The lowest BCUT2D eigenvalue weighted by Gasteiger charge is -2.30. The first-order chi connectivity index (χ1) is 14.5. The van der Waals surface area contributed by atoms with E-state index in [1.807, 2.05) is 17.5 Å². The molecule has 0 atom stereocenters. The molecule has 6 heteroatoms. The second kappa shape index (κ2) is 8.55. The second-order valence-corrected chi connectivity index (χ2v) is 8.16. The van der Waals surface area contributed by atoms with E-state index in [9.17, 15) is 14.7 Å². The highest BCUT2D eigenvalue weighted by molar-refractivity contribution is 7.12. The smallest absolute Gasteiger partial charge is 0.337 e. The third-order valence-corrected chi connectivity index (χ3v) is 6.14. The van der Waals surface area contributed by atoms with Gasteiger partial charge in [-0.3, -0.25) is 4.79 Å². The molecule has 152 valence electrons. The maximum atomic E-state index is 12.3. The van der Waals surface area contributed by atoms with Gasteiger partial charge in [-0.05, 0) is 59.7 Å². The molecule has 2 aromatic carbocycles. The van der Waals surface area contributed by atoms with Gasteiger partial charge in [0, 0.05) is 18.8 Å². The summed E-state index contributed by atoms with van der Waals surface area (Å²) >= 11 is 1.34. The molecule has 1 amide bonds. The van der Waals surface area contributed by atoms with Gasteiger partial charge < -0.3 is 15.3 Å². The summed E-state index contributed by atoms with van der Waals surface area (Å²) in [5, 5.41) is 14.4. The van der Waals surface area contributed by atoms with E-state index in [4.69, 9.17) is 0 Å². The molecule has 3 aromatic rings. The Morgan fingerprint density at radius 3 is 2.60 bits per heavy atom. The zero-order valence-electron chi connectivity index (χ0n) is 16.6. The largest absolute Gasteiger partial charge is 0.478 e. The van der Waals surface area contributed by atoms with Gasteiger partial charge in [0.2, 0.25) is 0 Å². The molecule has 0 aliphatic carbocycles. The summed E-state index contributed by atoms with van der Waals surface area (Å²) in [6.07, 6.45) is 3.02. The number of nitrogens with zero attached hydrogens (tertiary/aromatic N) is 1. The number of nitrogens with one attached hydrogen (secondary N) is 1. The number of carboxylic acid groups (broad SMARTS) is 1. The van der Waals surface area contributed by atoms with Crippen LogP contribution in [-0.4, -0.2) is 30.1 Å². The number of thiophene rings is 1. The number of aromatic carboxylic acids is 1. The van der Waals surface area contributed by atoms with Crippen LogP contribution in [0.3, 0.4) is 0 Å². The maximum absolute atomic E-state index is 12.3. The monoisotopic (exact) mass is 418 g/mol. The number of hydrogen-bond donors (Lipinski definition) is 2. The Bertz CT molecular complexity index is 1120. The average Bonchev–Trinajstić information content (AvgIpc) is 3.29. The van der Waals surface area contributed by atoms with Crippen LogP contribution >= 0.6 is 11.3 Å². The topological polar surface area (TPSA) is 69.6 Å². The van der Waals surface area contributed by atoms with Crippen molar-refractivity contribution in [3.05, 3.63) is 87.6 Å². The van der Waals surface area contributed by atoms with Crippen LogP contribution in [0.1, 0.15) is 37.6 Å². The van der Waals surface area contributed by atoms with Crippen molar-refractivity contribution in [3.63, 3.8) is 0 Å². The molecule has 0 fully saturated rings. The Morgan fingerprint density at radius 1 is 1.10 bits per heavy atom. The number of benzene rings is 2. The van der Waals surface area contributed by atoms with Crippen LogP contribution in [0.5, 0.6) is 0 Å². The van der Waals surface area contributed by atoms with E-state index in [2.05, 4.69) is 35.3 Å². The highest BCUT2D eigenvalue weighted by atomic mass is 32.1. The van der Waals surface area contributed by atoms with Crippen molar-refractivity contribution >= 4 is 40.2 Å². The number of aryl methyl sites for hydroxylation is 1. The fourth-order valence-electron chi connectivity index (χ4n) is 3.73. The molecule has 4 rings (SSSR count). The molecule has 2 N–H and O–H groups in total. The summed E-state index contributed by atoms with van der Waals surface area (Å²) in [6.45, 7) is 3.49. The summed E-state index contributed by atoms with van der Waals surface area (Å²) < 4.78 is 0. The fourth-order valence-corrected chi connectivity index (χ4v) is 4.35. The summed E-state index contributed by atoms with van der Waals surface area (Å²) in [6, 6.07) is 16.9. The van der Waals surface area contributed by atoms with E-state index >= 15 is 0 Å². The van der Waals surface area contributed by atoms with Crippen molar-refractivity contribution in [2.24, 2.45) is 0 Å². The van der Waals surface area contributed by atoms with Crippen molar-refractivity contribution in [1.29, 1.82) is 0 Å². The van der Waals surface area contributed by atoms with Gasteiger partial charge in [0.25, 0.3) is 5.91 Å². The molecule has 0 saturated carbocycles. The van der Waals surface area contributed by atoms with Crippen LogP contribution in [0.2, 0.25) is 0 Å². The van der Waals surface area contributed by atoms with Crippen molar-refractivity contribution in [3.8, 4) is 0 Å². The summed E-state index contributed by atoms with van der Waals surface area (Å²) in [5.41, 5.74) is 5.11. The summed E-state index contributed by atoms with van der Waals surface area (Å²) in [4.78, 5) is 26.8. The zero-order chi connectivity index (χ0) is 21.1. The van der Waals surface area contributed by atoms with Gasteiger partial charge in [0.15, 0.2) is 0 Å². The molecule has 0 radical (unpaired) electrons. The number of hydrogen-bond acceptors (Lipinski definition) is 4. The Labute approximate surface area is 179 Å². The molecule has 30 heavy (non-hydrogen) atoms. The van der Waals surface area contributed by atoms with Crippen LogP contribution in [0.15, 0.2) is 66.1 Å². The van der Waals surface area contributed by atoms with Crippen LogP contribution in [0.25, 0.3) is 5.57 Å². The van der Waals surface area contributed by atoms with Crippen molar-refractivity contribution in [2.75, 3.05) is 23.3 Å². The summed E-state index contributed by atoms with van der Waals surface area (Å²) in [5.74, 6) is -1.25. The summed E-state index contributed by atoms with van der Waals surface area (Å²) in [7, 11) is 0. The number of anilines is 2. The molecule has 1 aromatic heterocycles. The van der Waals surface area contributed by atoms with Crippen LogP contribution in [0.4, 0.5) is 11.4 Å². The predicted molar refractivity (Wildman–Crippen MR) is 122 cm³/mol. The average molecular weight is 419 g/mol. The highest BCUT2D eigenvalue weighted by Crippen LogP contribution is 2.31. The lowest BCUT2D eigenvalue weighted by Crippen LogP contribution is -2.30. The van der Waals surface area contributed by atoms with Gasteiger partial charge in [0.05, 0.1) is 16.1 Å². The minimum Gasteiger partial charge on any atom is -0.478 e. The van der Waals surface area contributed by atoms with Gasteiger partial charge in [-0.1, -0.05) is 36.4 Å². The molecule has 2 heterocycles. The molecule has 0 saturated heterocycles. The minimum absolute atomic E-state index is 0.187. The Balaban J connectivity index is 1.55. The molecule has 1 aliphatic rings. The van der Waals surface area contributed by atoms with Crippen LogP contribution < -0.4 is 10.2 Å². The zero-order valence-corrected chi connectivity index (χ0v) is 17.4. The first-order valence-corrected chi connectivity index (χ1v) is 10.6. The number of carbonyl (C=O) groups is 2. The first-order valence-electron chi connectivity index (χ1n) is 9.75. The van der Waals surface area contributed by atoms with Crippen LogP contribution in [0, 0.1) is 6.92 Å². The van der Waals surface area contributed by atoms with Crippen molar-refractivity contribution < 1.29 is 14.7 Å². The lowest BCUT2D eigenvalue weighted by atomic mass is 9.95. The Morgan fingerprint density at radius 2 is 1.93 bits per heavy atom. The van der Waals surface area contributed by atoms with E-state index in [-0.39, 0.29) is 11.5 Å². The SMILES string of the molecule is Cc1ccccc1C1=CCN(c2ccc(NC(=O)c3cccs3)cc2C(=O)O)CC1. The quantitative estimate of drug-likeness (QED) is 0.590. The molecule has 0 spiro atoms. The van der Waals surface area contributed by atoms with Gasteiger partial charge in [0.1, 0.15) is 0 Å². The van der Waals surface area contributed by atoms with E-state index in [1.54, 1.807) is 24.3 Å². The number of carboxylic acids is 1. The normalized spacial score (nSPS) is 13.6. The van der Waals surface area contributed by atoms with E-state index < -0.39 is 5.97 Å². The molecular weight excluding hydrogens is 396 g/mol. The predicted octanol–water partition coefficient (Wildman–Crippen LogP) is 5.30. The van der Waals surface area contributed by atoms with Crippen molar-refractivity contribution in [2.45, 2.75) is 13.3 Å². The first kappa shape index (κ1) is 19.9. The van der Waals surface area contributed by atoms with Gasteiger partial charge >= 0.3 is 5.97 Å². The van der Waals surface area contributed by atoms with E-state index in [0.29, 0.717) is 22.8 Å².